The molecule has 5 aliphatic rings. The van der Waals surface area contributed by atoms with Gasteiger partial charge in [0.05, 0.1) is 29.0 Å². The maximum atomic E-state index is 14.4. The Morgan fingerprint density at radius 1 is 1.17 bits per heavy atom. The molecule has 46 heavy (non-hydrogen) atoms. The van der Waals surface area contributed by atoms with Crippen molar-refractivity contribution in [3.8, 4) is 0 Å². The molecule has 1 saturated heterocycles. The van der Waals surface area contributed by atoms with Crippen molar-refractivity contribution in [2.45, 2.75) is 68.3 Å². The molecule has 3 amide bonds. The predicted octanol–water partition coefficient (Wildman–Crippen LogP) is 4.82. The third-order valence-electron chi connectivity index (χ3n) is 10.4. The lowest BCUT2D eigenvalue weighted by Gasteiger charge is -2.47. The van der Waals surface area contributed by atoms with Crippen LogP contribution in [0.15, 0.2) is 42.0 Å². The predicted molar refractivity (Wildman–Crippen MR) is 161 cm³/mol. The fourth-order valence-electron chi connectivity index (χ4n) is 7.76. The molecule has 1 spiro atoms. The molecule has 0 radical (unpaired) electrons. The van der Waals surface area contributed by atoms with E-state index in [2.05, 4.69) is 25.8 Å². The number of amides is 3. The summed E-state index contributed by atoms with van der Waals surface area (Å²) in [6, 6.07) is 1.41. The Morgan fingerprint density at radius 2 is 1.93 bits per heavy atom. The number of fused-ring (bicyclic) bond motifs is 5. The molecular weight excluding hydrogens is 625 g/mol. The van der Waals surface area contributed by atoms with Crippen LogP contribution in [-0.2, 0) is 28.7 Å². The van der Waals surface area contributed by atoms with Gasteiger partial charge in [-0.1, -0.05) is 23.8 Å². The Morgan fingerprint density at radius 3 is 2.65 bits per heavy atom. The minimum atomic E-state index is -4.44. The van der Waals surface area contributed by atoms with Crippen molar-refractivity contribution < 1.29 is 27.5 Å². The van der Waals surface area contributed by atoms with Gasteiger partial charge in [0.25, 0.3) is 0 Å². The average Bonchev–Trinajstić information content (AvgIpc) is 3.50. The molecule has 1 aliphatic carbocycles. The molecule has 6 heterocycles. The van der Waals surface area contributed by atoms with E-state index in [1.165, 1.54) is 6.20 Å². The van der Waals surface area contributed by atoms with E-state index in [0.717, 1.165) is 22.1 Å². The molecule has 3 N–H and O–H groups in total. The highest BCUT2D eigenvalue weighted by Gasteiger charge is 2.66. The standard InChI is InChI=1S/C31H32ClF3N8O3/c1-28(39-26(44)42-10-7-30(8-11-42)20-4-3-9-41(2)24(20)38-27(45)46-30)13-17-12-21(32)23-18(14-37-40-23)19(17)16-43-22(15-36-25(28)43)29(5-6-29)31(33,34)35/h3-4,12,14-15H,5-11,13,16H2,1-2H3,(H,37,40)(H,38,45)(H,39,44). The Balaban J connectivity index is 1.13. The van der Waals surface area contributed by atoms with Crippen molar-refractivity contribution in [2.75, 3.05) is 26.7 Å². The van der Waals surface area contributed by atoms with Crippen LogP contribution in [0.1, 0.15) is 55.3 Å². The summed E-state index contributed by atoms with van der Waals surface area (Å²) in [5.41, 5.74) is -0.859. The highest BCUT2D eigenvalue weighted by atomic mass is 35.5. The summed E-state index contributed by atoms with van der Waals surface area (Å²) < 4.78 is 50.8. The van der Waals surface area contributed by atoms with Gasteiger partial charge >= 0.3 is 18.3 Å². The molecule has 15 heteroatoms. The van der Waals surface area contributed by atoms with Crippen LogP contribution in [0, 0.1) is 0 Å². The van der Waals surface area contributed by atoms with Gasteiger partial charge in [-0.25, -0.2) is 14.6 Å². The van der Waals surface area contributed by atoms with Crippen LogP contribution in [0.5, 0.6) is 0 Å². The van der Waals surface area contributed by atoms with Gasteiger partial charge in [-0.3, -0.25) is 10.4 Å². The summed E-state index contributed by atoms with van der Waals surface area (Å²) in [6.07, 6.45) is 2.98. The van der Waals surface area contributed by atoms with Crippen molar-refractivity contribution in [3.05, 3.63) is 69.7 Å². The van der Waals surface area contributed by atoms with Gasteiger partial charge in [0, 0.05) is 63.1 Å². The minimum Gasteiger partial charge on any atom is -0.437 e. The van der Waals surface area contributed by atoms with E-state index in [1.54, 1.807) is 28.7 Å². The summed E-state index contributed by atoms with van der Waals surface area (Å²) in [4.78, 5) is 34.7. The third kappa shape index (κ3) is 4.17. The van der Waals surface area contributed by atoms with Crippen molar-refractivity contribution in [1.29, 1.82) is 0 Å². The number of piperidine rings is 1. The molecule has 242 valence electrons. The third-order valence-corrected chi connectivity index (χ3v) is 10.7. The smallest absolute Gasteiger partial charge is 0.413 e. The molecule has 11 nitrogen and oxygen atoms in total. The molecule has 8 rings (SSSR count). The number of aromatic amines is 1. The number of halogens is 4. The summed E-state index contributed by atoms with van der Waals surface area (Å²) >= 11 is 6.62. The fourth-order valence-corrected chi connectivity index (χ4v) is 8.04. The number of ether oxygens (including phenoxy) is 1. The van der Waals surface area contributed by atoms with Gasteiger partial charge in [0.1, 0.15) is 28.2 Å². The van der Waals surface area contributed by atoms with Crippen LogP contribution < -0.4 is 10.6 Å². The largest absolute Gasteiger partial charge is 0.437 e. The topological polar surface area (TPSA) is 120 Å². The average molecular weight is 657 g/mol. The maximum Gasteiger partial charge on any atom is 0.413 e. The number of alkyl halides is 3. The Labute approximate surface area is 266 Å². The minimum absolute atomic E-state index is 0.0158. The van der Waals surface area contributed by atoms with Gasteiger partial charge in [0.15, 0.2) is 0 Å². The zero-order chi connectivity index (χ0) is 32.2. The van der Waals surface area contributed by atoms with Gasteiger partial charge in [-0.05, 0) is 37.0 Å². The van der Waals surface area contributed by atoms with E-state index >= 15 is 0 Å². The van der Waals surface area contributed by atoms with Crippen LogP contribution in [0.3, 0.4) is 0 Å². The van der Waals surface area contributed by atoms with Crippen molar-refractivity contribution >= 4 is 34.6 Å². The zero-order valence-corrected chi connectivity index (χ0v) is 26.0. The van der Waals surface area contributed by atoms with Crippen molar-refractivity contribution in [1.82, 2.24) is 40.2 Å². The number of imidazole rings is 1. The van der Waals surface area contributed by atoms with Crippen LogP contribution in [0.4, 0.5) is 22.8 Å². The van der Waals surface area contributed by atoms with Crippen LogP contribution in [0.25, 0.3) is 10.9 Å². The van der Waals surface area contributed by atoms with Gasteiger partial charge in [-0.15, -0.1) is 0 Å². The number of nitrogens with zero attached hydrogens (tertiary/aromatic N) is 5. The zero-order valence-electron chi connectivity index (χ0n) is 25.2. The second-order valence-corrected chi connectivity index (χ2v) is 13.7. The fraction of sp³-hybridized carbons (Fsp3) is 0.484. The first kappa shape index (κ1) is 29.2. The number of alkyl carbamates (subject to hydrolysis) is 1. The number of carbonyl (C=O) groups is 2. The number of likely N-dealkylation sites (tertiary alicyclic amines) is 1. The maximum absolute atomic E-state index is 14.4. The number of hydrogen-bond acceptors (Lipinski definition) is 6. The number of nitrogens with one attached hydrogen (secondary N) is 3. The molecule has 1 atom stereocenters. The summed E-state index contributed by atoms with van der Waals surface area (Å²) in [7, 11) is 1.89. The lowest BCUT2D eigenvalue weighted by Crippen LogP contribution is -2.59. The Bertz CT molecular complexity index is 1870. The summed E-state index contributed by atoms with van der Waals surface area (Å²) in [5, 5.41) is 14.1. The van der Waals surface area contributed by atoms with Crippen LogP contribution >= 0.6 is 11.6 Å². The molecule has 1 saturated carbocycles. The lowest BCUT2D eigenvalue weighted by atomic mass is 9.81. The van der Waals surface area contributed by atoms with E-state index in [9.17, 15) is 22.8 Å². The second-order valence-electron chi connectivity index (χ2n) is 13.3. The highest BCUT2D eigenvalue weighted by Crippen LogP contribution is 2.59. The van der Waals surface area contributed by atoms with Gasteiger partial charge in [0.2, 0.25) is 0 Å². The quantitative estimate of drug-likeness (QED) is 0.364. The van der Waals surface area contributed by atoms with E-state index in [1.807, 2.05) is 24.1 Å². The van der Waals surface area contributed by atoms with Gasteiger partial charge < -0.3 is 24.4 Å². The number of hydrogen-bond donors (Lipinski definition) is 3. The van der Waals surface area contributed by atoms with E-state index in [-0.39, 0.29) is 37.5 Å². The van der Waals surface area contributed by atoms with Gasteiger partial charge in [-0.2, -0.15) is 18.3 Å². The van der Waals surface area contributed by atoms with Crippen LogP contribution in [-0.4, -0.2) is 80.1 Å². The number of carbonyl (C=O) groups excluding carboxylic acids is 2. The second kappa shape index (κ2) is 9.66. The first-order chi connectivity index (χ1) is 21.8. The molecule has 2 aromatic heterocycles. The number of aromatic nitrogens is 4. The molecular formula is C31H32ClF3N8O3. The number of urea groups is 1. The van der Waals surface area contributed by atoms with Crippen LogP contribution in [0.2, 0.25) is 5.02 Å². The normalized spacial score (nSPS) is 24.6. The first-order valence-electron chi connectivity index (χ1n) is 15.3. The molecule has 1 unspecified atom stereocenters. The SMILES string of the molecule is CN1CC=CC2=C1NC(=O)OC21CCN(C(=O)NC2(C)Cc3cc(Cl)c4[nH]ncc4c3Cn3c(C4(C(F)(F)F)CC4)cnc32)CC1. The summed E-state index contributed by atoms with van der Waals surface area (Å²) in [6.45, 7) is 3.19. The first-order valence-corrected chi connectivity index (χ1v) is 15.7. The number of likely N-dealkylation sites (N-methyl/N-ethyl adjacent to an activating group) is 1. The molecule has 1 aromatic carbocycles. The highest BCUT2D eigenvalue weighted by molar-refractivity contribution is 6.35. The van der Waals surface area contributed by atoms with E-state index in [0.29, 0.717) is 54.7 Å². The van der Waals surface area contributed by atoms with E-state index in [4.69, 9.17) is 16.3 Å². The molecule has 3 aromatic rings. The monoisotopic (exact) mass is 656 g/mol. The molecule has 0 bridgehead atoms. The molecule has 2 fully saturated rings. The van der Waals surface area contributed by atoms with E-state index < -0.39 is 28.8 Å². The molecule has 4 aliphatic heterocycles. The van der Waals surface area contributed by atoms with Crippen molar-refractivity contribution in [2.24, 2.45) is 0 Å². The number of rotatable bonds is 2. The number of benzene rings is 1. The van der Waals surface area contributed by atoms with Crippen molar-refractivity contribution in [3.63, 3.8) is 0 Å². The Hall–Kier alpha value is -4.20. The number of H-pyrrole nitrogens is 1. The lowest BCUT2D eigenvalue weighted by molar-refractivity contribution is -0.162. The Kier molecular flexibility index (Phi) is 6.14. The summed E-state index contributed by atoms with van der Waals surface area (Å²) in [5.74, 6) is 1.06.